The molecule has 1 aliphatic heterocycles. The first kappa shape index (κ1) is 24.8. The van der Waals surface area contributed by atoms with Crippen molar-refractivity contribution in [3.63, 3.8) is 0 Å². The summed E-state index contributed by atoms with van der Waals surface area (Å²) in [5.41, 5.74) is -0.567. The monoisotopic (exact) mass is 467 g/mol. The minimum atomic E-state index is -4.68. The molecule has 0 bridgehead atoms. The van der Waals surface area contributed by atoms with E-state index in [4.69, 9.17) is 9.84 Å². The van der Waals surface area contributed by atoms with Gasteiger partial charge in [-0.25, -0.2) is 0 Å². The molecule has 10 heteroatoms. The van der Waals surface area contributed by atoms with Crippen LogP contribution >= 0.6 is 0 Å². The Morgan fingerprint density at radius 3 is 2.45 bits per heavy atom. The van der Waals surface area contributed by atoms with Crippen LogP contribution in [0.5, 0.6) is 0 Å². The summed E-state index contributed by atoms with van der Waals surface area (Å²) in [7, 11) is 1.83. The molecule has 1 saturated heterocycles. The Balaban J connectivity index is 2.13. The van der Waals surface area contributed by atoms with Gasteiger partial charge in [0.25, 0.3) is 5.91 Å². The lowest BCUT2D eigenvalue weighted by molar-refractivity contribution is -0.137. The summed E-state index contributed by atoms with van der Waals surface area (Å²) < 4.78 is 49.1. The molecule has 2 heterocycles. The second-order valence-corrected chi connectivity index (χ2v) is 9.24. The summed E-state index contributed by atoms with van der Waals surface area (Å²) in [6.45, 7) is 7.09. The third-order valence-electron chi connectivity index (χ3n) is 5.64. The Kier molecular flexibility index (Phi) is 6.88. The van der Waals surface area contributed by atoms with Crippen molar-refractivity contribution >= 4 is 11.9 Å². The molecular formula is C23H28F3N3O4. The van der Waals surface area contributed by atoms with Gasteiger partial charge in [-0.3, -0.25) is 19.0 Å². The van der Waals surface area contributed by atoms with Crippen LogP contribution in [-0.2, 0) is 41.1 Å². The average molecular weight is 467 g/mol. The van der Waals surface area contributed by atoms with Crippen LogP contribution in [0.2, 0.25) is 0 Å². The number of rotatable bonds is 5. The lowest BCUT2D eigenvalue weighted by Crippen LogP contribution is -2.30. The van der Waals surface area contributed by atoms with Crippen molar-refractivity contribution in [2.24, 2.45) is 12.0 Å². The van der Waals surface area contributed by atoms with Crippen LogP contribution < -0.4 is 5.49 Å². The van der Waals surface area contributed by atoms with Crippen molar-refractivity contribution in [2.75, 3.05) is 6.61 Å². The van der Waals surface area contributed by atoms with Gasteiger partial charge in [0, 0.05) is 36.4 Å². The molecule has 0 saturated carbocycles. The lowest BCUT2D eigenvalue weighted by Gasteiger charge is -2.21. The summed E-state index contributed by atoms with van der Waals surface area (Å²) >= 11 is 0. The number of alkyl halides is 3. The van der Waals surface area contributed by atoms with Crippen LogP contribution in [0, 0.1) is 0 Å². The highest BCUT2D eigenvalue weighted by Gasteiger charge is 2.32. The molecule has 1 atom stereocenters. The third kappa shape index (κ3) is 5.73. The highest BCUT2D eigenvalue weighted by molar-refractivity contribution is 5.97. The maximum atomic E-state index is 13.3. The van der Waals surface area contributed by atoms with E-state index in [2.05, 4.69) is 4.99 Å². The molecule has 33 heavy (non-hydrogen) atoms. The predicted octanol–water partition coefficient (Wildman–Crippen LogP) is 3.69. The fraction of sp³-hybridized carbons (Fsp3) is 0.522. The number of carbonyl (C=O) groups is 2. The number of carboxylic acid groups (broad SMARTS) is 1. The number of halogens is 3. The predicted molar refractivity (Wildman–Crippen MR) is 114 cm³/mol. The van der Waals surface area contributed by atoms with E-state index in [1.807, 2.05) is 32.5 Å². The third-order valence-corrected chi connectivity index (χ3v) is 5.64. The molecule has 1 aromatic heterocycles. The topological polar surface area (TPSA) is 85.8 Å². The molecule has 7 nitrogen and oxygen atoms in total. The Labute approximate surface area is 189 Å². The van der Waals surface area contributed by atoms with Gasteiger partial charge in [-0.1, -0.05) is 26.8 Å². The zero-order valence-electron chi connectivity index (χ0n) is 19.1. The number of carboxylic acids is 1. The van der Waals surface area contributed by atoms with E-state index in [1.165, 1.54) is 0 Å². The van der Waals surface area contributed by atoms with Crippen LogP contribution in [0.4, 0.5) is 13.2 Å². The molecule has 0 unspecified atom stereocenters. The number of nitrogens with zero attached hydrogens (tertiary/aromatic N) is 3. The van der Waals surface area contributed by atoms with Crippen LogP contribution in [0.15, 0.2) is 29.3 Å². The van der Waals surface area contributed by atoms with E-state index in [1.54, 1.807) is 10.7 Å². The number of hydrogen-bond donors (Lipinski definition) is 1. The van der Waals surface area contributed by atoms with Gasteiger partial charge in [0.15, 0.2) is 5.49 Å². The average Bonchev–Trinajstić information content (AvgIpc) is 3.30. The first-order chi connectivity index (χ1) is 15.3. The Morgan fingerprint density at radius 1 is 1.21 bits per heavy atom. The number of aliphatic carboxylic acids is 1. The highest BCUT2D eigenvalue weighted by atomic mass is 19.4. The first-order valence-electron chi connectivity index (χ1n) is 10.7. The number of ether oxygens (including phenoxy) is 1. The minimum Gasteiger partial charge on any atom is -0.481 e. The van der Waals surface area contributed by atoms with Gasteiger partial charge >= 0.3 is 12.1 Å². The summed E-state index contributed by atoms with van der Waals surface area (Å²) in [5, 5.41) is 9.14. The van der Waals surface area contributed by atoms with Gasteiger partial charge in [-0.15, -0.1) is 0 Å². The molecular weight excluding hydrogens is 439 g/mol. The maximum absolute atomic E-state index is 13.3. The molecule has 0 aliphatic carbocycles. The van der Waals surface area contributed by atoms with E-state index in [9.17, 15) is 22.8 Å². The zero-order valence-corrected chi connectivity index (χ0v) is 19.1. The molecule has 1 fully saturated rings. The van der Waals surface area contributed by atoms with Crippen molar-refractivity contribution in [1.82, 2.24) is 9.36 Å². The minimum absolute atomic E-state index is 0.0260. The van der Waals surface area contributed by atoms with Gasteiger partial charge in [0.2, 0.25) is 0 Å². The van der Waals surface area contributed by atoms with E-state index in [0.29, 0.717) is 19.2 Å². The van der Waals surface area contributed by atoms with Gasteiger partial charge in [-0.05, 0) is 30.5 Å². The summed E-state index contributed by atoms with van der Waals surface area (Å²) in [6.07, 6.45) is -3.55. The van der Waals surface area contributed by atoms with Crippen LogP contribution in [0.3, 0.4) is 0 Å². The Bertz CT molecular complexity index is 1120. The highest BCUT2D eigenvalue weighted by Crippen LogP contribution is 2.31. The molecule has 180 valence electrons. The van der Waals surface area contributed by atoms with E-state index in [-0.39, 0.29) is 28.1 Å². The molecule has 0 radical (unpaired) electrons. The molecule has 1 aromatic carbocycles. The Hall–Kier alpha value is -2.88. The maximum Gasteiger partial charge on any atom is 0.416 e. The molecule has 1 amide bonds. The summed E-state index contributed by atoms with van der Waals surface area (Å²) in [4.78, 5) is 28.4. The number of hydrogen-bond acceptors (Lipinski definition) is 3. The van der Waals surface area contributed by atoms with Crippen LogP contribution in [0.25, 0.3) is 0 Å². The van der Waals surface area contributed by atoms with E-state index < -0.39 is 30.0 Å². The number of benzene rings is 1. The van der Waals surface area contributed by atoms with Crippen LogP contribution in [-0.4, -0.2) is 39.1 Å². The van der Waals surface area contributed by atoms with Crippen molar-refractivity contribution in [1.29, 1.82) is 0 Å². The van der Waals surface area contributed by atoms with Gasteiger partial charge < -0.3 is 9.84 Å². The van der Waals surface area contributed by atoms with Gasteiger partial charge in [-0.2, -0.15) is 18.2 Å². The van der Waals surface area contributed by atoms with Gasteiger partial charge in [0.1, 0.15) is 0 Å². The van der Waals surface area contributed by atoms with Crippen molar-refractivity contribution in [3.05, 3.63) is 52.1 Å². The number of carbonyl (C=O) groups excluding carboxylic acids is 1. The molecule has 0 spiro atoms. The van der Waals surface area contributed by atoms with Gasteiger partial charge in [0.05, 0.1) is 24.6 Å². The van der Waals surface area contributed by atoms with Crippen molar-refractivity contribution in [3.8, 4) is 0 Å². The zero-order chi connectivity index (χ0) is 24.6. The largest absolute Gasteiger partial charge is 0.481 e. The number of aromatic nitrogens is 2. The quantitative estimate of drug-likeness (QED) is 0.727. The van der Waals surface area contributed by atoms with E-state index >= 15 is 0 Å². The summed E-state index contributed by atoms with van der Waals surface area (Å²) in [6, 6.07) is 4.19. The number of amides is 1. The molecule has 1 aliphatic rings. The van der Waals surface area contributed by atoms with Crippen molar-refractivity contribution < 1.29 is 32.6 Å². The Morgan fingerprint density at radius 2 is 1.91 bits per heavy atom. The standard InChI is InChI=1S/C23H28F3N3O4/c1-22(2,3)18-12-19(29(28(18)4)13-16-6-5-9-33-16)27-21(32)17-11-15(23(24,25)26)8-7-14(17)10-20(30)31/h7-8,11-12,16H,5-6,9-10,13H2,1-4H3,(H,30,31)/t16-/m1/s1. The fourth-order valence-corrected chi connectivity index (χ4v) is 4.00. The molecule has 3 rings (SSSR count). The smallest absolute Gasteiger partial charge is 0.416 e. The second-order valence-electron chi connectivity index (χ2n) is 9.24. The first-order valence-corrected chi connectivity index (χ1v) is 10.7. The molecule has 1 N–H and O–H groups in total. The lowest BCUT2D eigenvalue weighted by atomic mass is 9.92. The second kappa shape index (κ2) is 9.17. The molecule has 2 aromatic rings. The normalized spacial score (nSPS) is 17.5. The fourth-order valence-electron chi connectivity index (χ4n) is 4.00. The summed E-state index contributed by atoms with van der Waals surface area (Å²) in [5.74, 6) is -2.18. The SMILES string of the molecule is Cn1c(C(C)(C)C)cc(=NC(=O)c2cc(C(F)(F)F)ccc2CC(=O)O)n1C[C@H]1CCCO1. The van der Waals surface area contributed by atoms with Crippen LogP contribution in [0.1, 0.15) is 60.8 Å². The van der Waals surface area contributed by atoms with Crippen molar-refractivity contribution in [2.45, 2.75) is 64.3 Å². The van der Waals surface area contributed by atoms with E-state index in [0.717, 1.165) is 30.7 Å².